The van der Waals surface area contributed by atoms with Crippen LogP contribution in [-0.4, -0.2) is 99.5 Å². The number of nitriles is 1. The van der Waals surface area contributed by atoms with Crippen LogP contribution in [0.3, 0.4) is 0 Å². The first-order valence-electron chi connectivity index (χ1n) is 23.5. The van der Waals surface area contributed by atoms with Crippen LogP contribution < -0.4 is 45.5 Å². The van der Waals surface area contributed by atoms with Crippen LogP contribution in [0.15, 0.2) is 117 Å². The van der Waals surface area contributed by atoms with Crippen LogP contribution in [0.25, 0.3) is 22.1 Å². The van der Waals surface area contributed by atoms with Gasteiger partial charge < -0.3 is 38.7 Å². The van der Waals surface area contributed by atoms with E-state index in [4.69, 9.17) is 29.9 Å². The lowest BCUT2D eigenvalue weighted by Crippen LogP contribution is -2.19. The molecule has 4 heterocycles. The van der Waals surface area contributed by atoms with E-state index < -0.39 is 20.0 Å². The summed E-state index contributed by atoms with van der Waals surface area (Å²) in [5.41, 5.74) is 7.65. The number of nitrogens with zero attached hydrogens (tertiary/aromatic N) is 10. The Morgan fingerprint density at radius 2 is 0.973 bits per heavy atom. The third kappa shape index (κ3) is 14.2. The lowest BCUT2D eigenvalue weighted by Gasteiger charge is -2.15. The highest BCUT2D eigenvalue weighted by atomic mass is 32.2. The lowest BCUT2D eigenvalue weighted by atomic mass is 10.2. The van der Waals surface area contributed by atoms with Crippen molar-refractivity contribution in [1.29, 1.82) is 5.26 Å². The van der Waals surface area contributed by atoms with Gasteiger partial charge in [-0.2, -0.15) is 22.1 Å². The fourth-order valence-electron chi connectivity index (χ4n) is 7.50. The van der Waals surface area contributed by atoms with Crippen molar-refractivity contribution in [3.05, 3.63) is 119 Å². The van der Waals surface area contributed by atoms with Gasteiger partial charge in [0.2, 0.25) is 0 Å². The molecule has 0 aliphatic heterocycles. The van der Waals surface area contributed by atoms with E-state index in [0.717, 1.165) is 32.2 Å². The Labute approximate surface area is 435 Å². The molecule has 4 aromatic carbocycles. The van der Waals surface area contributed by atoms with Crippen molar-refractivity contribution >= 4 is 53.5 Å². The number of hydrogen-bond acceptors (Lipinski definition) is 15. The second-order valence-electron chi connectivity index (χ2n) is 17.5. The zero-order chi connectivity index (χ0) is 54.6. The zero-order valence-corrected chi connectivity index (χ0v) is 45.0. The number of unbranched alkanes of at least 4 members (excludes halogenated alkanes) is 2. The van der Waals surface area contributed by atoms with E-state index in [1.54, 1.807) is 114 Å². The number of imidazole rings is 4. The van der Waals surface area contributed by atoms with Gasteiger partial charge in [-0.3, -0.25) is 27.7 Å². The molecule has 400 valence electrons. The molecule has 0 spiro atoms. The molecule has 0 saturated carbocycles. The number of ether oxygens (including phenoxy) is 4. The van der Waals surface area contributed by atoms with Crippen molar-refractivity contribution in [3.63, 3.8) is 0 Å². The maximum absolute atomic E-state index is 13.0. The van der Waals surface area contributed by atoms with Crippen LogP contribution in [0.5, 0.6) is 34.5 Å². The molecule has 75 heavy (non-hydrogen) atoms. The quantitative estimate of drug-likeness (QED) is 0.0720. The van der Waals surface area contributed by atoms with Crippen molar-refractivity contribution in [2.75, 3.05) is 49.8 Å². The normalized spacial score (nSPS) is 11.4. The lowest BCUT2D eigenvalue weighted by molar-refractivity contribution is 0.292. The Bertz CT molecular complexity index is 3660. The van der Waals surface area contributed by atoms with Gasteiger partial charge in [-0.05, 0) is 89.3 Å². The summed E-state index contributed by atoms with van der Waals surface area (Å²) in [6, 6.07) is 22.4. The van der Waals surface area contributed by atoms with Crippen molar-refractivity contribution in [2.45, 2.75) is 42.7 Å². The summed E-state index contributed by atoms with van der Waals surface area (Å²) in [6.45, 7) is 4.13. The summed E-state index contributed by atoms with van der Waals surface area (Å²) in [5.74, 6) is 2.62. The Morgan fingerprint density at radius 3 is 1.33 bits per heavy atom. The van der Waals surface area contributed by atoms with Gasteiger partial charge in [0.1, 0.15) is 23.0 Å². The summed E-state index contributed by atoms with van der Waals surface area (Å²) in [7, 11) is 5.96. The van der Waals surface area contributed by atoms with Gasteiger partial charge in [-0.1, -0.05) is 12.1 Å². The third-order valence-electron chi connectivity index (χ3n) is 11.4. The second kappa shape index (κ2) is 24.8. The summed E-state index contributed by atoms with van der Waals surface area (Å²) < 4.78 is 90.0. The van der Waals surface area contributed by atoms with Gasteiger partial charge in [-0.15, -0.1) is 0 Å². The second-order valence-corrected chi connectivity index (χ2v) is 20.8. The first-order chi connectivity index (χ1) is 35.7. The summed E-state index contributed by atoms with van der Waals surface area (Å²) in [4.78, 5) is 35.0. The van der Waals surface area contributed by atoms with Crippen LogP contribution in [0.4, 0.5) is 11.4 Å². The van der Waals surface area contributed by atoms with Crippen molar-refractivity contribution in [1.82, 2.24) is 42.3 Å². The number of benzene rings is 4. The highest BCUT2D eigenvalue weighted by Crippen LogP contribution is 2.37. The first-order valence-corrected chi connectivity index (χ1v) is 26.5. The van der Waals surface area contributed by atoms with Crippen LogP contribution in [0.1, 0.15) is 32.6 Å². The number of sulfonamides is 2. The van der Waals surface area contributed by atoms with Crippen LogP contribution in [0, 0.1) is 11.3 Å². The predicted octanol–water partition coefficient (Wildman–Crippen LogP) is 5.78. The molecule has 0 saturated heterocycles. The molecule has 25 heteroatoms. The summed E-state index contributed by atoms with van der Waals surface area (Å²) >= 11 is 0. The minimum atomic E-state index is -4.01. The molecule has 0 atom stereocenters. The molecule has 0 aliphatic rings. The van der Waals surface area contributed by atoms with E-state index >= 15 is 0 Å². The van der Waals surface area contributed by atoms with E-state index in [-0.39, 0.29) is 44.3 Å². The highest BCUT2D eigenvalue weighted by Gasteiger charge is 2.24. The van der Waals surface area contributed by atoms with E-state index in [0.29, 0.717) is 64.8 Å². The highest BCUT2D eigenvalue weighted by molar-refractivity contribution is 7.93. The number of anilines is 2. The van der Waals surface area contributed by atoms with Crippen LogP contribution >= 0.6 is 0 Å². The van der Waals surface area contributed by atoms with Crippen molar-refractivity contribution in [3.8, 4) is 40.6 Å². The van der Waals surface area contributed by atoms with E-state index in [2.05, 4.69) is 24.3 Å². The summed E-state index contributed by atoms with van der Waals surface area (Å²) in [6.07, 6.45) is 9.24. The van der Waals surface area contributed by atoms with Gasteiger partial charge >= 0.3 is 11.4 Å². The van der Waals surface area contributed by atoms with Crippen LogP contribution in [-0.2, 0) is 62.3 Å². The fraction of sp³-hybridized carbons (Fsp3) is 0.340. The minimum absolute atomic E-state index is 0.132. The Morgan fingerprint density at radius 1 is 0.600 bits per heavy atom. The van der Waals surface area contributed by atoms with Crippen LogP contribution in [0.2, 0.25) is 0 Å². The maximum Gasteiger partial charge on any atom is 0.328 e. The number of nitrogens with one attached hydrogen (secondary N) is 2. The molecule has 0 bridgehead atoms. The molecule has 23 nitrogen and oxygen atoms in total. The molecular formula is C50H63N13O10S2. The smallest absolute Gasteiger partial charge is 0.328 e. The van der Waals surface area contributed by atoms with E-state index in [9.17, 15) is 26.4 Å². The van der Waals surface area contributed by atoms with Gasteiger partial charge in [0.15, 0.2) is 21.6 Å². The number of aromatic nitrogens is 8. The largest absolute Gasteiger partial charge is 0.493 e. The number of aryl methyl sites for hydroxylation is 6. The van der Waals surface area contributed by atoms with Gasteiger partial charge in [0.25, 0.3) is 20.0 Å². The molecule has 4 N–H and O–H groups in total. The number of rotatable bonds is 21. The standard InChI is InChI=1S/C25H32N6O5S.C23H28N6O5S.C2H3N/c1-28(2)11-6-7-12-35-18-9-8-10-19(13-18)36-23-15-22-21(30(4)25(32)31(22)5)14-20(23)27-37(33,34)24-16-29(3)17-26-24;1-27-14-22(25-15-27)35(31,32)26-18-12-19-20(29(3)23(30)28(19)2)13-21(18)34-17-8-6-7-16(11-17)33-10-5-4-9-24;1-2-3/h8-10,13-17,27H,6-7,11-12H2,1-5H3;6-8,11-15,26H,4-5,9-10,24H2,1-3H3;1H3. The number of fused-ring (bicyclic) bond motifs is 2. The van der Waals surface area contributed by atoms with Crippen molar-refractivity contribution in [2.24, 2.45) is 48.0 Å². The van der Waals surface area contributed by atoms with E-state index in [1.165, 1.54) is 54.8 Å². The Balaban J connectivity index is 0.000000232. The predicted molar refractivity (Wildman–Crippen MR) is 286 cm³/mol. The summed E-state index contributed by atoms with van der Waals surface area (Å²) in [5, 5.41) is 7.05. The minimum Gasteiger partial charge on any atom is -0.493 e. The molecule has 0 amide bonds. The molecule has 0 aliphatic carbocycles. The number of nitrogens with two attached hydrogens (primary N) is 1. The maximum atomic E-state index is 13.0. The fourth-order valence-corrected chi connectivity index (χ4v) is 9.58. The molecule has 8 aromatic rings. The molecule has 0 fully saturated rings. The average molecular weight is 1070 g/mol. The van der Waals surface area contributed by atoms with E-state index in [1.807, 2.05) is 26.2 Å². The van der Waals surface area contributed by atoms with Gasteiger partial charge in [0.05, 0.1) is 65.4 Å². The Hall–Kier alpha value is -8.05. The molecular weight excluding hydrogens is 1010 g/mol. The third-order valence-corrected chi connectivity index (χ3v) is 13.9. The average Bonchev–Trinajstić information content (AvgIpc) is 4.12. The molecule has 0 radical (unpaired) electrons. The SMILES string of the molecule is CC#N.CN(C)CCCCOc1cccc(Oc2cc3c(cc2NS(=O)(=O)c2cn(C)cn2)n(C)c(=O)n3C)c1.Cn1cnc(S(=O)(=O)Nc2cc3c(cc2Oc2cccc(OCCCCN)c2)n(C)c(=O)n3C)c1. The first kappa shape index (κ1) is 56.2. The zero-order valence-electron chi connectivity index (χ0n) is 43.3. The molecule has 4 aromatic heterocycles. The van der Waals surface area contributed by atoms with Gasteiger partial charge in [0, 0.05) is 85.9 Å². The topological polar surface area (TPSA) is 272 Å². The molecule has 8 rings (SSSR count). The van der Waals surface area contributed by atoms with Crippen molar-refractivity contribution < 1.29 is 35.8 Å². The van der Waals surface area contributed by atoms with Gasteiger partial charge in [-0.25, -0.2) is 19.6 Å². The number of hydrogen-bond donors (Lipinski definition) is 3. The molecule has 0 unspecified atom stereocenters. The Kier molecular flexibility index (Phi) is 18.6. The monoisotopic (exact) mass is 1070 g/mol.